The molecule has 1 aromatic carbocycles. The van der Waals surface area contributed by atoms with Crippen LogP contribution in [0.15, 0.2) is 18.2 Å². The average Bonchev–Trinajstić information content (AvgIpc) is 2.83. The number of Topliss-reactive ketones (excluding diaryl/α,β-unsaturated/α-hetero) is 1. The largest absolute Gasteiger partial charge is 0.399 e. The third kappa shape index (κ3) is 1.64. The molecule has 1 fully saturated rings. The van der Waals surface area contributed by atoms with Crippen LogP contribution in [0.3, 0.4) is 0 Å². The number of nitrogens with zero attached hydrogens (tertiary/aromatic N) is 1. The minimum atomic E-state index is 0.234. The van der Waals surface area contributed by atoms with Crippen LogP contribution in [0.2, 0.25) is 0 Å². The number of carbonyl (C=O) groups is 1. The Kier molecular flexibility index (Phi) is 2.24. The Hall–Kier alpha value is -1.71. The fourth-order valence-corrected chi connectivity index (χ4v) is 2.93. The first-order valence-electron chi connectivity index (χ1n) is 6.06. The molecule has 2 unspecified atom stereocenters. The molecule has 0 saturated heterocycles. The van der Waals surface area contributed by atoms with Crippen molar-refractivity contribution in [3.8, 4) is 0 Å². The van der Waals surface area contributed by atoms with E-state index in [1.54, 1.807) is 0 Å². The molecule has 3 N–H and O–H groups in total. The topological polar surface area (TPSA) is 58.4 Å². The van der Waals surface area contributed by atoms with E-state index in [1.165, 1.54) is 5.69 Å². The molecule has 0 spiro atoms. The van der Waals surface area contributed by atoms with Gasteiger partial charge in [-0.05, 0) is 24.6 Å². The number of anilines is 3. The first kappa shape index (κ1) is 10.4. The second kappa shape index (κ2) is 3.65. The molecular weight excluding hydrogens is 214 g/mol. The second-order valence-corrected chi connectivity index (χ2v) is 5.02. The third-order valence-corrected chi connectivity index (χ3v) is 3.85. The predicted molar refractivity (Wildman–Crippen MR) is 69.0 cm³/mol. The third-order valence-electron chi connectivity index (χ3n) is 3.85. The molecule has 4 heteroatoms. The molecule has 1 heterocycles. The standard InChI is InChI=1S/C13H17N3O/c1-16-12-5-3-9(14)7-11(12)15-13(16)8-2-4-10(17)6-8/h3,5,7-8,13,15H,2,4,6,14H2,1H3. The van der Waals surface area contributed by atoms with Gasteiger partial charge in [0.1, 0.15) is 11.9 Å². The molecule has 3 rings (SSSR count). The number of fused-ring (bicyclic) bond motifs is 1. The number of nitrogens with two attached hydrogens (primary N) is 1. The summed E-state index contributed by atoms with van der Waals surface area (Å²) in [4.78, 5) is 13.6. The van der Waals surface area contributed by atoms with E-state index in [-0.39, 0.29) is 6.17 Å². The predicted octanol–water partition coefficient (Wildman–Crippen LogP) is 1.83. The smallest absolute Gasteiger partial charge is 0.133 e. The summed E-state index contributed by atoms with van der Waals surface area (Å²) in [7, 11) is 2.07. The van der Waals surface area contributed by atoms with Crippen molar-refractivity contribution in [1.82, 2.24) is 0 Å². The summed E-state index contributed by atoms with van der Waals surface area (Å²) >= 11 is 0. The Labute approximate surface area is 101 Å². The van der Waals surface area contributed by atoms with E-state index < -0.39 is 0 Å². The number of rotatable bonds is 1. The van der Waals surface area contributed by atoms with Crippen molar-refractivity contribution in [1.29, 1.82) is 0 Å². The molecule has 1 aliphatic carbocycles. The molecule has 4 nitrogen and oxygen atoms in total. The Morgan fingerprint density at radius 2 is 2.29 bits per heavy atom. The van der Waals surface area contributed by atoms with Crippen LogP contribution in [0.4, 0.5) is 17.1 Å². The Bertz CT molecular complexity index is 472. The van der Waals surface area contributed by atoms with Crippen LogP contribution < -0.4 is 16.0 Å². The molecular formula is C13H17N3O. The number of ketones is 1. The van der Waals surface area contributed by atoms with E-state index in [2.05, 4.69) is 17.3 Å². The molecule has 2 aliphatic rings. The molecule has 90 valence electrons. The van der Waals surface area contributed by atoms with Crippen molar-refractivity contribution in [2.24, 2.45) is 5.92 Å². The fraction of sp³-hybridized carbons (Fsp3) is 0.462. The lowest BCUT2D eigenvalue weighted by molar-refractivity contribution is -0.117. The van der Waals surface area contributed by atoms with E-state index in [0.717, 1.165) is 24.2 Å². The molecule has 17 heavy (non-hydrogen) atoms. The van der Waals surface area contributed by atoms with Gasteiger partial charge in [-0.15, -0.1) is 0 Å². The van der Waals surface area contributed by atoms with Gasteiger partial charge >= 0.3 is 0 Å². The molecule has 0 bridgehead atoms. The van der Waals surface area contributed by atoms with Gasteiger partial charge in [0.2, 0.25) is 0 Å². The second-order valence-electron chi connectivity index (χ2n) is 5.02. The number of hydrogen-bond donors (Lipinski definition) is 2. The quantitative estimate of drug-likeness (QED) is 0.724. The summed E-state index contributed by atoms with van der Waals surface area (Å²) in [5.74, 6) is 0.807. The van der Waals surface area contributed by atoms with Crippen molar-refractivity contribution in [2.45, 2.75) is 25.4 Å². The van der Waals surface area contributed by atoms with Gasteiger partial charge < -0.3 is 16.0 Å². The average molecular weight is 231 g/mol. The van der Waals surface area contributed by atoms with Gasteiger partial charge in [-0.25, -0.2) is 0 Å². The Morgan fingerprint density at radius 1 is 1.47 bits per heavy atom. The molecule has 0 amide bonds. The number of benzene rings is 1. The highest BCUT2D eigenvalue weighted by Gasteiger charge is 2.36. The summed E-state index contributed by atoms with van der Waals surface area (Å²) in [6.45, 7) is 0. The van der Waals surface area contributed by atoms with E-state index in [1.807, 2.05) is 18.2 Å². The summed E-state index contributed by atoms with van der Waals surface area (Å²) in [6, 6.07) is 5.91. The van der Waals surface area contributed by atoms with E-state index in [9.17, 15) is 4.79 Å². The first-order valence-corrected chi connectivity index (χ1v) is 6.06. The van der Waals surface area contributed by atoms with E-state index >= 15 is 0 Å². The SMILES string of the molecule is CN1c2ccc(N)cc2NC1C1CCC(=O)C1. The lowest BCUT2D eigenvalue weighted by Crippen LogP contribution is -2.38. The Morgan fingerprint density at radius 3 is 3.00 bits per heavy atom. The Balaban J connectivity index is 1.86. The van der Waals surface area contributed by atoms with Crippen LogP contribution in [-0.4, -0.2) is 19.0 Å². The summed E-state index contributed by atoms with van der Waals surface area (Å²) in [6.07, 6.45) is 2.66. The highest BCUT2D eigenvalue weighted by atomic mass is 16.1. The van der Waals surface area contributed by atoms with Crippen LogP contribution in [0.5, 0.6) is 0 Å². The van der Waals surface area contributed by atoms with Gasteiger partial charge in [0.15, 0.2) is 0 Å². The summed E-state index contributed by atoms with van der Waals surface area (Å²) in [5.41, 5.74) is 8.81. The summed E-state index contributed by atoms with van der Waals surface area (Å²) < 4.78 is 0. The molecule has 2 atom stereocenters. The van der Waals surface area contributed by atoms with Gasteiger partial charge in [-0.1, -0.05) is 0 Å². The van der Waals surface area contributed by atoms with Crippen LogP contribution in [-0.2, 0) is 4.79 Å². The van der Waals surface area contributed by atoms with E-state index in [0.29, 0.717) is 18.1 Å². The minimum Gasteiger partial charge on any atom is -0.399 e. The zero-order valence-electron chi connectivity index (χ0n) is 9.94. The van der Waals surface area contributed by atoms with Crippen molar-refractivity contribution < 1.29 is 4.79 Å². The van der Waals surface area contributed by atoms with Crippen molar-refractivity contribution >= 4 is 22.8 Å². The maximum absolute atomic E-state index is 11.4. The minimum absolute atomic E-state index is 0.234. The zero-order chi connectivity index (χ0) is 12.0. The maximum atomic E-state index is 11.4. The van der Waals surface area contributed by atoms with Crippen molar-refractivity contribution in [3.05, 3.63) is 18.2 Å². The highest BCUT2D eigenvalue weighted by Crippen LogP contribution is 2.40. The number of nitrogens with one attached hydrogen (secondary N) is 1. The van der Waals surface area contributed by atoms with Crippen molar-refractivity contribution in [2.75, 3.05) is 23.0 Å². The van der Waals surface area contributed by atoms with Gasteiger partial charge in [0.05, 0.1) is 11.4 Å². The molecule has 0 radical (unpaired) electrons. The molecule has 1 saturated carbocycles. The van der Waals surface area contributed by atoms with Crippen molar-refractivity contribution in [3.63, 3.8) is 0 Å². The van der Waals surface area contributed by atoms with Gasteiger partial charge in [0, 0.05) is 31.5 Å². The van der Waals surface area contributed by atoms with Gasteiger partial charge in [0.25, 0.3) is 0 Å². The van der Waals surface area contributed by atoms with Crippen LogP contribution in [0.25, 0.3) is 0 Å². The highest BCUT2D eigenvalue weighted by molar-refractivity contribution is 5.83. The number of carbonyl (C=O) groups excluding carboxylic acids is 1. The molecule has 1 aliphatic heterocycles. The summed E-state index contributed by atoms with van der Waals surface area (Å²) in [5, 5.41) is 3.48. The van der Waals surface area contributed by atoms with E-state index in [4.69, 9.17) is 5.73 Å². The molecule has 0 aromatic heterocycles. The zero-order valence-corrected chi connectivity index (χ0v) is 9.94. The van der Waals surface area contributed by atoms with Gasteiger partial charge in [-0.2, -0.15) is 0 Å². The van der Waals surface area contributed by atoms with Crippen LogP contribution in [0, 0.1) is 5.92 Å². The van der Waals surface area contributed by atoms with Crippen LogP contribution >= 0.6 is 0 Å². The number of nitrogen functional groups attached to an aromatic ring is 1. The first-order chi connectivity index (χ1) is 8.15. The monoisotopic (exact) mass is 231 g/mol. The van der Waals surface area contributed by atoms with Gasteiger partial charge in [-0.3, -0.25) is 4.79 Å². The fourth-order valence-electron chi connectivity index (χ4n) is 2.93. The lowest BCUT2D eigenvalue weighted by atomic mass is 10.0. The van der Waals surface area contributed by atoms with Crippen LogP contribution in [0.1, 0.15) is 19.3 Å². The molecule has 1 aromatic rings. The number of hydrogen-bond acceptors (Lipinski definition) is 4. The lowest BCUT2D eigenvalue weighted by Gasteiger charge is -2.27. The normalized spacial score (nSPS) is 27.1. The maximum Gasteiger partial charge on any atom is 0.133 e.